The summed E-state index contributed by atoms with van der Waals surface area (Å²) in [6.07, 6.45) is 1.99. The lowest BCUT2D eigenvalue weighted by Crippen LogP contribution is -2.35. The molecule has 0 spiro atoms. The predicted molar refractivity (Wildman–Crippen MR) is 69.8 cm³/mol. The number of nitrogens with two attached hydrogens (primary N) is 1. The second-order valence-electron chi connectivity index (χ2n) is 4.33. The fourth-order valence-corrected chi connectivity index (χ4v) is 2.03. The van der Waals surface area contributed by atoms with E-state index in [1.807, 2.05) is 6.07 Å². The van der Waals surface area contributed by atoms with Crippen LogP contribution in [0, 0.1) is 0 Å². The number of carbonyl (C=O) groups excluding carboxylic acids is 1. The average Bonchev–Trinajstić information content (AvgIpc) is 2.80. The molecule has 4 N–H and O–H groups in total. The molecule has 18 heavy (non-hydrogen) atoms. The number of urea groups is 1. The Labute approximate surface area is 107 Å². The molecule has 5 heteroatoms. The fourth-order valence-electron chi connectivity index (χ4n) is 2.03. The highest BCUT2D eigenvalue weighted by Crippen LogP contribution is 2.25. The third-order valence-electron chi connectivity index (χ3n) is 2.95. The lowest BCUT2D eigenvalue weighted by molar-refractivity contribution is 0.249. The van der Waals surface area contributed by atoms with Crippen LogP contribution in [0.3, 0.4) is 0 Å². The van der Waals surface area contributed by atoms with Crippen LogP contribution in [0.4, 0.5) is 4.79 Å². The third kappa shape index (κ3) is 3.63. The molecule has 2 rings (SSSR count). The lowest BCUT2D eigenvalue weighted by Gasteiger charge is -2.06. The molecule has 0 radical (unpaired) electrons. The summed E-state index contributed by atoms with van der Waals surface area (Å²) in [7, 11) is 0. The second-order valence-corrected chi connectivity index (χ2v) is 4.33. The molecule has 0 fully saturated rings. The van der Waals surface area contributed by atoms with Gasteiger partial charge in [0.15, 0.2) is 0 Å². The van der Waals surface area contributed by atoms with Crippen molar-refractivity contribution in [3.05, 3.63) is 29.3 Å². The SMILES string of the molecule is NC(=O)NCCNCCc1ccc2c(c1)CCO2. The molecule has 1 heterocycles. The van der Waals surface area contributed by atoms with Crippen LogP contribution in [0.1, 0.15) is 11.1 Å². The van der Waals surface area contributed by atoms with Gasteiger partial charge in [0.05, 0.1) is 6.61 Å². The zero-order valence-electron chi connectivity index (χ0n) is 10.4. The molecule has 0 bridgehead atoms. The molecule has 1 aliphatic heterocycles. The Balaban J connectivity index is 1.66. The number of hydrogen-bond donors (Lipinski definition) is 3. The summed E-state index contributed by atoms with van der Waals surface area (Å²) in [4.78, 5) is 10.4. The van der Waals surface area contributed by atoms with E-state index in [0.29, 0.717) is 6.54 Å². The minimum atomic E-state index is -0.476. The number of ether oxygens (including phenoxy) is 1. The molecule has 0 aromatic heterocycles. The minimum absolute atomic E-state index is 0.476. The van der Waals surface area contributed by atoms with E-state index in [4.69, 9.17) is 10.5 Å². The van der Waals surface area contributed by atoms with Gasteiger partial charge in [0.25, 0.3) is 0 Å². The van der Waals surface area contributed by atoms with Crippen LogP contribution in [0.25, 0.3) is 0 Å². The van der Waals surface area contributed by atoms with E-state index >= 15 is 0 Å². The van der Waals surface area contributed by atoms with Gasteiger partial charge in [-0.3, -0.25) is 0 Å². The zero-order valence-corrected chi connectivity index (χ0v) is 10.4. The number of rotatable bonds is 6. The highest BCUT2D eigenvalue weighted by molar-refractivity contribution is 5.71. The number of fused-ring (bicyclic) bond motifs is 1. The molecule has 0 aliphatic carbocycles. The van der Waals surface area contributed by atoms with E-state index in [1.54, 1.807) is 0 Å². The van der Waals surface area contributed by atoms with Gasteiger partial charge in [0.1, 0.15) is 5.75 Å². The monoisotopic (exact) mass is 249 g/mol. The Kier molecular flexibility index (Phi) is 4.41. The van der Waals surface area contributed by atoms with Gasteiger partial charge in [-0.2, -0.15) is 0 Å². The predicted octanol–water partition coefficient (Wildman–Crippen LogP) is 0.422. The van der Waals surface area contributed by atoms with Crippen molar-refractivity contribution < 1.29 is 9.53 Å². The standard InChI is InChI=1S/C13H19N3O2/c14-13(17)16-7-6-15-5-3-10-1-2-12-11(9-10)4-8-18-12/h1-2,9,15H,3-8H2,(H3,14,16,17). The topological polar surface area (TPSA) is 76.4 Å². The van der Waals surface area contributed by atoms with Crippen molar-refractivity contribution >= 4 is 6.03 Å². The zero-order chi connectivity index (χ0) is 12.8. The van der Waals surface area contributed by atoms with E-state index in [2.05, 4.69) is 22.8 Å². The number of benzene rings is 1. The van der Waals surface area contributed by atoms with Gasteiger partial charge < -0.3 is 21.1 Å². The lowest BCUT2D eigenvalue weighted by atomic mass is 10.1. The van der Waals surface area contributed by atoms with E-state index in [1.165, 1.54) is 11.1 Å². The number of hydrogen-bond acceptors (Lipinski definition) is 3. The highest BCUT2D eigenvalue weighted by atomic mass is 16.5. The summed E-state index contributed by atoms with van der Waals surface area (Å²) < 4.78 is 5.47. The Morgan fingerprint density at radius 1 is 1.33 bits per heavy atom. The number of nitrogens with one attached hydrogen (secondary N) is 2. The van der Waals surface area contributed by atoms with Crippen LogP contribution in [0.2, 0.25) is 0 Å². The largest absolute Gasteiger partial charge is 0.493 e. The Hall–Kier alpha value is -1.75. The number of carbonyl (C=O) groups is 1. The van der Waals surface area contributed by atoms with Gasteiger partial charge >= 0.3 is 6.03 Å². The first-order valence-corrected chi connectivity index (χ1v) is 6.24. The van der Waals surface area contributed by atoms with Gasteiger partial charge in [-0.25, -0.2) is 4.79 Å². The smallest absolute Gasteiger partial charge is 0.312 e. The van der Waals surface area contributed by atoms with Gasteiger partial charge in [0.2, 0.25) is 0 Å². The van der Waals surface area contributed by atoms with Gasteiger partial charge in [-0.05, 0) is 30.2 Å². The van der Waals surface area contributed by atoms with Crippen LogP contribution in [0.15, 0.2) is 18.2 Å². The minimum Gasteiger partial charge on any atom is -0.493 e. The van der Waals surface area contributed by atoms with Crippen LogP contribution < -0.4 is 21.1 Å². The summed E-state index contributed by atoms with van der Waals surface area (Å²) in [5.41, 5.74) is 7.58. The number of amides is 2. The second kappa shape index (κ2) is 6.26. The molecule has 2 amide bonds. The van der Waals surface area contributed by atoms with Crippen LogP contribution in [-0.4, -0.2) is 32.3 Å². The van der Waals surface area contributed by atoms with Crippen molar-refractivity contribution in [2.24, 2.45) is 5.73 Å². The normalized spacial score (nSPS) is 12.9. The van der Waals surface area contributed by atoms with Crippen LogP contribution in [-0.2, 0) is 12.8 Å². The first-order chi connectivity index (χ1) is 8.75. The molecule has 5 nitrogen and oxygen atoms in total. The molecule has 1 aliphatic rings. The van der Waals surface area contributed by atoms with E-state index in [0.717, 1.165) is 38.3 Å². The maximum atomic E-state index is 10.4. The van der Waals surface area contributed by atoms with Crippen molar-refractivity contribution in [3.63, 3.8) is 0 Å². The van der Waals surface area contributed by atoms with Crippen LogP contribution in [0.5, 0.6) is 5.75 Å². The quantitative estimate of drug-likeness (QED) is 0.640. The highest BCUT2D eigenvalue weighted by Gasteiger charge is 2.11. The average molecular weight is 249 g/mol. The first-order valence-electron chi connectivity index (χ1n) is 6.24. The third-order valence-corrected chi connectivity index (χ3v) is 2.95. The Morgan fingerprint density at radius 3 is 3.06 bits per heavy atom. The Bertz CT molecular complexity index is 421. The maximum absolute atomic E-state index is 10.4. The molecule has 0 atom stereocenters. The molecule has 0 unspecified atom stereocenters. The van der Waals surface area contributed by atoms with Gasteiger partial charge in [-0.1, -0.05) is 12.1 Å². The summed E-state index contributed by atoms with van der Waals surface area (Å²) in [5, 5.41) is 5.79. The van der Waals surface area contributed by atoms with Gasteiger partial charge in [-0.15, -0.1) is 0 Å². The molecule has 0 saturated heterocycles. The van der Waals surface area contributed by atoms with Crippen molar-refractivity contribution in [2.45, 2.75) is 12.8 Å². The summed E-state index contributed by atoms with van der Waals surface area (Å²) in [6.45, 7) is 2.99. The van der Waals surface area contributed by atoms with Crippen LogP contribution >= 0.6 is 0 Å². The van der Waals surface area contributed by atoms with E-state index < -0.39 is 6.03 Å². The van der Waals surface area contributed by atoms with Crippen molar-refractivity contribution in [2.75, 3.05) is 26.2 Å². The van der Waals surface area contributed by atoms with Crippen molar-refractivity contribution in [3.8, 4) is 5.75 Å². The molecule has 0 saturated carbocycles. The molecular weight excluding hydrogens is 230 g/mol. The molecule has 1 aromatic rings. The van der Waals surface area contributed by atoms with Gasteiger partial charge in [0, 0.05) is 19.5 Å². The maximum Gasteiger partial charge on any atom is 0.312 e. The number of primary amides is 1. The van der Waals surface area contributed by atoms with Crippen molar-refractivity contribution in [1.82, 2.24) is 10.6 Å². The Morgan fingerprint density at radius 2 is 2.22 bits per heavy atom. The van der Waals surface area contributed by atoms with E-state index in [-0.39, 0.29) is 0 Å². The first kappa shape index (κ1) is 12.7. The van der Waals surface area contributed by atoms with E-state index in [9.17, 15) is 4.79 Å². The molecular formula is C13H19N3O2. The summed E-state index contributed by atoms with van der Waals surface area (Å²) >= 11 is 0. The molecule has 1 aromatic carbocycles. The fraction of sp³-hybridized carbons (Fsp3) is 0.462. The van der Waals surface area contributed by atoms with Crippen molar-refractivity contribution in [1.29, 1.82) is 0 Å². The molecule has 98 valence electrons. The summed E-state index contributed by atoms with van der Waals surface area (Å²) in [6, 6.07) is 5.89. The summed E-state index contributed by atoms with van der Waals surface area (Å²) in [5.74, 6) is 1.03.